The second-order valence-corrected chi connectivity index (χ2v) is 5.60. The third-order valence-corrected chi connectivity index (χ3v) is 4.02. The van der Waals surface area contributed by atoms with Crippen molar-refractivity contribution >= 4 is 0 Å². The van der Waals surface area contributed by atoms with Gasteiger partial charge in [-0.15, -0.1) is 0 Å². The maximum absolute atomic E-state index is 6.16. The molecule has 1 aliphatic rings. The lowest BCUT2D eigenvalue weighted by Crippen LogP contribution is -2.36. The summed E-state index contributed by atoms with van der Waals surface area (Å²) in [6, 6.07) is 8.55. The van der Waals surface area contributed by atoms with Crippen LogP contribution in [-0.4, -0.2) is 25.9 Å². The van der Waals surface area contributed by atoms with Crippen molar-refractivity contribution in [2.45, 2.75) is 57.8 Å². The summed E-state index contributed by atoms with van der Waals surface area (Å²) in [4.78, 5) is 0. The Morgan fingerprint density at radius 1 is 1.25 bits per heavy atom. The lowest BCUT2D eigenvalue weighted by atomic mass is 9.95. The molecule has 0 saturated heterocycles. The highest BCUT2D eigenvalue weighted by atomic mass is 16.5. The van der Waals surface area contributed by atoms with Crippen LogP contribution in [-0.2, 0) is 4.74 Å². The van der Waals surface area contributed by atoms with Crippen molar-refractivity contribution < 1.29 is 9.47 Å². The van der Waals surface area contributed by atoms with E-state index in [0.717, 1.165) is 18.7 Å². The van der Waals surface area contributed by atoms with Crippen LogP contribution in [0.4, 0.5) is 0 Å². The Morgan fingerprint density at radius 3 is 2.45 bits per heavy atom. The van der Waals surface area contributed by atoms with Crippen LogP contribution < -0.4 is 10.1 Å². The molecular weight excluding hydrogens is 250 g/mol. The molecular formula is C17H27NO2. The predicted molar refractivity (Wildman–Crippen MR) is 82.2 cm³/mol. The van der Waals surface area contributed by atoms with Crippen molar-refractivity contribution in [2.24, 2.45) is 0 Å². The van der Waals surface area contributed by atoms with Crippen molar-refractivity contribution in [2.75, 3.05) is 13.7 Å². The van der Waals surface area contributed by atoms with E-state index in [9.17, 15) is 0 Å². The lowest BCUT2D eigenvalue weighted by Gasteiger charge is -2.33. The van der Waals surface area contributed by atoms with Crippen LogP contribution in [0.15, 0.2) is 24.3 Å². The standard InChI is InChI=1S/C17H27NO2/c1-4-12-18-17(13(2)20-16-6-5-7-16)14-8-10-15(19-3)11-9-14/h8-11,13,16-18H,4-7,12H2,1-3H3. The number of rotatable bonds is 8. The fourth-order valence-electron chi connectivity index (χ4n) is 2.55. The average molecular weight is 277 g/mol. The monoisotopic (exact) mass is 277 g/mol. The maximum Gasteiger partial charge on any atom is 0.118 e. The number of ether oxygens (including phenoxy) is 2. The Balaban J connectivity index is 2.03. The smallest absolute Gasteiger partial charge is 0.118 e. The molecule has 0 aromatic heterocycles. The molecule has 0 spiro atoms. The molecule has 1 aromatic carbocycles. The van der Waals surface area contributed by atoms with Crippen LogP contribution in [0.2, 0.25) is 0 Å². The van der Waals surface area contributed by atoms with Crippen LogP contribution >= 0.6 is 0 Å². The minimum Gasteiger partial charge on any atom is -0.497 e. The number of methoxy groups -OCH3 is 1. The van der Waals surface area contributed by atoms with Gasteiger partial charge in [0.15, 0.2) is 0 Å². The molecule has 0 bridgehead atoms. The Morgan fingerprint density at radius 2 is 1.95 bits per heavy atom. The summed E-state index contributed by atoms with van der Waals surface area (Å²) in [7, 11) is 1.70. The number of nitrogens with one attached hydrogen (secondary N) is 1. The summed E-state index contributed by atoms with van der Waals surface area (Å²) in [5.74, 6) is 0.899. The SMILES string of the molecule is CCCNC(c1ccc(OC)cc1)C(C)OC1CCC1. The molecule has 3 nitrogen and oxygen atoms in total. The highest BCUT2D eigenvalue weighted by Crippen LogP contribution is 2.28. The second-order valence-electron chi connectivity index (χ2n) is 5.60. The third kappa shape index (κ3) is 3.97. The molecule has 0 amide bonds. The number of hydrogen-bond donors (Lipinski definition) is 1. The van der Waals surface area contributed by atoms with Gasteiger partial charge in [0, 0.05) is 0 Å². The van der Waals surface area contributed by atoms with Crippen LogP contribution in [0, 0.1) is 0 Å². The van der Waals surface area contributed by atoms with Gasteiger partial charge in [0.1, 0.15) is 5.75 Å². The third-order valence-electron chi connectivity index (χ3n) is 4.02. The first kappa shape index (κ1) is 15.3. The van der Waals surface area contributed by atoms with E-state index in [2.05, 4.69) is 31.3 Å². The van der Waals surface area contributed by atoms with Gasteiger partial charge < -0.3 is 14.8 Å². The minimum atomic E-state index is 0.195. The largest absolute Gasteiger partial charge is 0.497 e. The fraction of sp³-hybridized carbons (Fsp3) is 0.647. The van der Waals surface area contributed by atoms with Crippen molar-refractivity contribution in [3.8, 4) is 5.75 Å². The van der Waals surface area contributed by atoms with Crippen molar-refractivity contribution in [1.82, 2.24) is 5.32 Å². The zero-order valence-corrected chi connectivity index (χ0v) is 12.9. The van der Waals surface area contributed by atoms with E-state index in [-0.39, 0.29) is 12.1 Å². The van der Waals surface area contributed by atoms with E-state index >= 15 is 0 Å². The van der Waals surface area contributed by atoms with Crippen molar-refractivity contribution in [3.63, 3.8) is 0 Å². The summed E-state index contributed by atoms with van der Waals surface area (Å²) in [5, 5.41) is 3.61. The Kier molecular flexibility index (Phi) is 5.86. The molecule has 0 aliphatic heterocycles. The number of hydrogen-bond acceptors (Lipinski definition) is 3. The molecule has 0 radical (unpaired) electrons. The Hall–Kier alpha value is -1.06. The van der Waals surface area contributed by atoms with Gasteiger partial charge >= 0.3 is 0 Å². The first-order chi connectivity index (χ1) is 9.74. The van der Waals surface area contributed by atoms with Gasteiger partial charge in [0.25, 0.3) is 0 Å². The number of benzene rings is 1. The van der Waals surface area contributed by atoms with E-state index in [4.69, 9.17) is 9.47 Å². The molecule has 1 fully saturated rings. The molecule has 1 N–H and O–H groups in total. The topological polar surface area (TPSA) is 30.5 Å². The van der Waals surface area contributed by atoms with Gasteiger partial charge in [-0.1, -0.05) is 19.1 Å². The molecule has 1 saturated carbocycles. The molecule has 1 aromatic rings. The normalized spacial score (nSPS) is 18.4. The minimum absolute atomic E-state index is 0.195. The van der Waals surface area contributed by atoms with Gasteiger partial charge in [0.05, 0.1) is 25.4 Å². The fourth-order valence-corrected chi connectivity index (χ4v) is 2.55. The van der Waals surface area contributed by atoms with Crippen molar-refractivity contribution in [1.29, 1.82) is 0 Å². The zero-order chi connectivity index (χ0) is 14.4. The lowest BCUT2D eigenvalue weighted by molar-refractivity contribution is -0.0582. The molecule has 2 rings (SSSR count). The second kappa shape index (κ2) is 7.65. The van der Waals surface area contributed by atoms with E-state index in [0.29, 0.717) is 6.10 Å². The van der Waals surface area contributed by atoms with E-state index in [1.54, 1.807) is 7.11 Å². The maximum atomic E-state index is 6.16. The highest BCUT2D eigenvalue weighted by molar-refractivity contribution is 5.29. The first-order valence-corrected chi connectivity index (χ1v) is 7.77. The molecule has 2 atom stereocenters. The van der Waals surface area contributed by atoms with Crippen molar-refractivity contribution in [3.05, 3.63) is 29.8 Å². The molecule has 20 heavy (non-hydrogen) atoms. The summed E-state index contributed by atoms with van der Waals surface area (Å²) in [6.45, 7) is 5.38. The highest BCUT2D eigenvalue weighted by Gasteiger charge is 2.26. The van der Waals surface area contributed by atoms with Crippen LogP contribution in [0.25, 0.3) is 0 Å². The van der Waals surface area contributed by atoms with Gasteiger partial charge in [0.2, 0.25) is 0 Å². The quantitative estimate of drug-likeness (QED) is 0.786. The van der Waals surface area contributed by atoms with Gasteiger partial charge in [-0.25, -0.2) is 0 Å². The van der Waals surface area contributed by atoms with Gasteiger partial charge in [-0.3, -0.25) is 0 Å². The summed E-state index contributed by atoms with van der Waals surface area (Å²) >= 11 is 0. The molecule has 2 unspecified atom stereocenters. The Labute approximate surface area is 122 Å². The summed E-state index contributed by atoms with van der Waals surface area (Å²) in [6.07, 6.45) is 5.53. The van der Waals surface area contributed by atoms with Crippen LogP contribution in [0.1, 0.15) is 51.1 Å². The molecule has 112 valence electrons. The molecule has 3 heteroatoms. The van der Waals surface area contributed by atoms with Crippen LogP contribution in [0.3, 0.4) is 0 Å². The molecule has 0 heterocycles. The predicted octanol–water partition coefficient (Wildman–Crippen LogP) is 3.69. The zero-order valence-electron chi connectivity index (χ0n) is 12.9. The van der Waals surface area contributed by atoms with E-state index in [1.807, 2.05) is 12.1 Å². The molecule has 1 aliphatic carbocycles. The van der Waals surface area contributed by atoms with E-state index < -0.39 is 0 Å². The van der Waals surface area contributed by atoms with Crippen LogP contribution in [0.5, 0.6) is 5.75 Å². The summed E-state index contributed by atoms with van der Waals surface area (Å²) in [5.41, 5.74) is 1.27. The van der Waals surface area contributed by atoms with E-state index in [1.165, 1.54) is 24.8 Å². The van der Waals surface area contributed by atoms with Gasteiger partial charge in [-0.2, -0.15) is 0 Å². The first-order valence-electron chi connectivity index (χ1n) is 7.77. The van der Waals surface area contributed by atoms with Gasteiger partial charge in [-0.05, 0) is 56.8 Å². The summed E-state index contributed by atoms with van der Waals surface area (Å²) < 4.78 is 11.4. The average Bonchev–Trinajstić information content (AvgIpc) is 2.44. The Bertz CT molecular complexity index is 386.